The molecule has 0 aromatic rings. The highest BCUT2D eigenvalue weighted by molar-refractivity contribution is 5.71. The van der Waals surface area contributed by atoms with Crippen LogP contribution in [0.25, 0.3) is 0 Å². The molecule has 1 unspecified atom stereocenters. The molecule has 0 aliphatic carbocycles. The van der Waals surface area contributed by atoms with Crippen LogP contribution in [0.5, 0.6) is 0 Å². The van der Waals surface area contributed by atoms with Crippen molar-refractivity contribution in [2.75, 3.05) is 13.2 Å². The van der Waals surface area contributed by atoms with E-state index >= 15 is 0 Å². The Bertz CT molecular complexity index is 1090. The van der Waals surface area contributed by atoms with Crippen LogP contribution in [0, 0.1) is 0 Å². The van der Waals surface area contributed by atoms with Crippen LogP contribution in [-0.4, -0.2) is 37.2 Å². The van der Waals surface area contributed by atoms with Gasteiger partial charge in [-0.1, -0.05) is 355 Å². The van der Waals surface area contributed by atoms with E-state index in [-0.39, 0.29) is 31.1 Å². The minimum Gasteiger partial charge on any atom is -0.462 e. The Kier molecular flexibility index (Phi) is 61.6. The van der Waals surface area contributed by atoms with Crippen LogP contribution < -0.4 is 0 Å². The first-order valence-electron chi connectivity index (χ1n) is 33.5. The average molecular weight is 1030 g/mol. The van der Waals surface area contributed by atoms with E-state index in [2.05, 4.69) is 20.8 Å². The summed E-state index contributed by atoms with van der Waals surface area (Å²) in [4.78, 5) is 38.3. The van der Waals surface area contributed by atoms with Gasteiger partial charge in [0, 0.05) is 19.3 Å². The summed E-state index contributed by atoms with van der Waals surface area (Å²) >= 11 is 0. The number of esters is 3. The number of carbonyl (C=O) groups is 3. The van der Waals surface area contributed by atoms with Gasteiger partial charge in [-0.05, 0) is 19.3 Å². The van der Waals surface area contributed by atoms with Gasteiger partial charge in [-0.2, -0.15) is 0 Å². The molecule has 0 heterocycles. The Morgan fingerprint density at radius 2 is 0.370 bits per heavy atom. The van der Waals surface area contributed by atoms with E-state index in [9.17, 15) is 14.4 Å². The van der Waals surface area contributed by atoms with Gasteiger partial charge in [0.15, 0.2) is 6.10 Å². The predicted octanol–water partition coefficient (Wildman–Crippen LogP) is 22.7. The van der Waals surface area contributed by atoms with Crippen molar-refractivity contribution in [2.45, 2.75) is 399 Å². The first-order chi connectivity index (χ1) is 36.0. The van der Waals surface area contributed by atoms with Crippen molar-refractivity contribution in [3.8, 4) is 0 Å². The Hall–Kier alpha value is -1.59. The van der Waals surface area contributed by atoms with Gasteiger partial charge >= 0.3 is 17.9 Å². The Morgan fingerprint density at radius 1 is 0.219 bits per heavy atom. The Labute approximate surface area is 457 Å². The van der Waals surface area contributed by atoms with Crippen molar-refractivity contribution >= 4 is 17.9 Å². The second-order valence-electron chi connectivity index (χ2n) is 23.1. The highest BCUT2D eigenvalue weighted by atomic mass is 16.6. The lowest BCUT2D eigenvalue weighted by atomic mass is 10.0. The van der Waals surface area contributed by atoms with Gasteiger partial charge in [0.2, 0.25) is 0 Å². The molecule has 0 saturated carbocycles. The summed E-state index contributed by atoms with van der Waals surface area (Å²) in [6, 6.07) is 0. The van der Waals surface area contributed by atoms with Gasteiger partial charge in [0.05, 0.1) is 0 Å². The highest BCUT2D eigenvalue weighted by Crippen LogP contribution is 2.19. The number of hydrogen-bond donors (Lipinski definition) is 0. The molecule has 0 amide bonds. The molecule has 0 rings (SSSR count). The van der Waals surface area contributed by atoms with Crippen molar-refractivity contribution in [2.24, 2.45) is 0 Å². The third-order valence-corrected chi connectivity index (χ3v) is 15.6. The highest BCUT2D eigenvalue weighted by Gasteiger charge is 2.19. The first kappa shape index (κ1) is 71.4. The maximum absolute atomic E-state index is 12.9. The molecule has 0 bridgehead atoms. The molecule has 1 atom stereocenters. The fourth-order valence-corrected chi connectivity index (χ4v) is 10.6. The monoisotopic (exact) mass is 1030 g/mol. The third-order valence-electron chi connectivity index (χ3n) is 15.6. The molecule has 0 aliphatic heterocycles. The number of hydrogen-bond acceptors (Lipinski definition) is 6. The van der Waals surface area contributed by atoms with Crippen LogP contribution in [0.2, 0.25) is 0 Å². The number of ether oxygens (including phenoxy) is 3. The standard InChI is InChI=1S/C67H130O6/c1-4-7-10-13-16-19-22-25-27-29-30-31-32-33-34-35-36-37-38-39-41-42-45-48-51-54-57-60-66(69)72-63-64(62-71-65(68)59-56-53-50-47-44-24-21-18-15-12-9-6-3)73-67(70)61-58-55-52-49-46-43-40-28-26-23-20-17-14-11-8-5-2/h64H,4-63H2,1-3H3. The zero-order chi connectivity index (χ0) is 52.9. The normalized spacial score (nSPS) is 11.9. The molecule has 6 heteroatoms. The van der Waals surface area contributed by atoms with E-state index in [1.165, 1.54) is 295 Å². The maximum Gasteiger partial charge on any atom is 0.306 e. The molecule has 6 nitrogen and oxygen atoms in total. The van der Waals surface area contributed by atoms with Crippen LogP contribution in [0.3, 0.4) is 0 Å². The number of carbonyl (C=O) groups excluding carboxylic acids is 3. The fraction of sp³-hybridized carbons (Fsp3) is 0.955. The largest absolute Gasteiger partial charge is 0.462 e. The molecule has 0 aromatic carbocycles. The molecular weight excluding hydrogens is 901 g/mol. The zero-order valence-electron chi connectivity index (χ0n) is 50.0. The van der Waals surface area contributed by atoms with Crippen molar-refractivity contribution in [1.82, 2.24) is 0 Å². The molecular formula is C67H130O6. The minimum atomic E-state index is -0.762. The van der Waals surface area contributed by atoms with E-state index in [4.69, 9.17) is 14.2 Å². The van der Waals surface area contributed by atoms with Gasteiger partial charge in [0.25, 0.3) is 0 Å². The molecule has 0 N–H and O–H groups in total. The summed E-state index contributed by atoms with van der Waals surface area (Å²) in [6.07, 6.45) is 72.7. The van der Waals surface area contributed by atoms with Crippen LogP contribution >= 0.6 is 0 Å². The molecule has 0 aromatic heterocycles. The number of rotatable bonds is 63. The Balaban J connectivity index is 4.13. The summed E-state index contributed by atoms with van der Waals surface area (Å²) in [6.45, 7) is 6.72. The van der Waals surface area contributed by atoms with Gasteiger partial charge in [-0.15, -0.1) is 0 Å². The summed E-state index contributed by atoms with van der Waals surface area (Å²) in [7, 11) is 0. The molecule has 0 fully saturated rings. The van der Waals surface area contributed by atoms with E-state index in [1.807, 2.05) is 0 Å². The maximum atomic E-state index is 12.9. The Morgan fingerprint density at radius 3 is 0.548 bits per heavy atom. The molecule has 73 heavy (non-hydrogen) atoms. The van der Waals surface area contributed by atoms with Crippen LogP contribution in [0.15, 0.2) is 0 Å². The smallest absolute Gasteiger partial charge is 0.306 e. The molecule has 0 aliphatic rings. The summed E-state index contributed by atoms with van der Waals surface area (Å²) in [5, 5.41) is 0. The van der Waals surface area contributed by atoms with Gasteiger partial charge < -0.3 is 14.2 Å². The minimum absolute atomic E-state index is 0.0606. The predicted molar refractivity (Wildman–Crippen MR) is 317 cm³/mol. The number of unbranched alkanes of at least 4 members (excludes halogenated alkanes) is 52. The van der Waals surface area contributed by atoms with E-state index in [0.29, 0.717) is 19.3 Å². The lowest BCUT2D eigenvalue weighted by Gasteiger charge is -2.18. The fourth-order valence-electron chi connectivity index (χ4n) is 10.6. The molecule has 0 radical (unpaired) electrons. The second-order valence-corrected chi connectivity index (χ2v) is 23.1. The average Bonchev–Trinajstić information content (AvgIpc) is 3.39. The topological polar surface area (TPSA) is 78.9 Å². The van der Waals surface area contributed by atoms with E-state index in [0.717, 1.165) is 57.8 Å². The van der Waals surface area contributed by atoms with Gasteiger partial charge in [-0.25, -0.2) is 0 Å². The lowest BCUT2D eigenvalue weighted by Crippen LogP contribution is -2.30. The summed E-state index contributed by atoms with van der Waals surface area (Å²) in [5.41, 5.74) is 0. The van der Waals surface area contributed by atoms with Crippen LogP contribution in [0.4, 0.5) is 0 Å². The van der Waals surface area contributed by atoms with Gasteiger partial charge in [-0.3, -0.25) is 14.4 Å². The zero-order valence-corrected chi connectivity index (χ0v) is 50.0. The third kappa shape index (κ3) is 61.1. The van der Waals surface area contributed by atoms with Crippen LogP contribution in [0.1, 0.15) is 393 Å². The van der Waals surface area contributed by atoms with E-state index < -0.39 is 6.10 Å². The summed E-state index contributed by atoms with van der Waals surface area (Å²) < 4.78 is 16.9. The lowest BCUT2D eigenvalue weighted by molar-refractivity contribution is -0.167. The van der Waals surface area contributed by atoms with Gasteiger partial charge in [0.1, 0.15) is 13.2 Å². The van der Waals surface area contributed by atoms with Crippen LogP contribution in [-0.2, 0) is 28.6 Å². The molecule has 0 saturated heterocycles. The van der Waals surface area contributed by atoms with E-state index in [1.54, 1.807) is 0 Å². The second kappa shape index (κ2) is 62.9. The van der Waals surface area contributed by atoms with Crippen molar-refractivity contribution < 1.29 is 28.6 Å². The molecule has 0 spiro atoms. The SMILES string of the molecule is CCCCCCCCCCCCCCCCCCCCCCCCCCCCCC(=O)OCC(COC(=O)CCCCCCCCCCCCCC)OC(=O)CCCCCCCCCCCCCCCCCC. The summed E-state index contributed by atoms with van der Waals surface area (Å²) in [5.74, 6) is -0.826. The van der Waals surface area contributed by atoms with Crippen molar-refractivity contribution in [3.63, 3.8) is 0 Å². The molecule has 434 valence electrons. The first-order valence-corrected chi connectivity index (χ1v) is 33.5. The quantitative estimate of drug-likeness (QED) is 0.0343. The van der Waals surface area contributed by atoms with Crippen molar-refractivity contribution in [3.05, 3.63) is 0 Å². The van der Waals surface area contributed by atoms with Crippen molar-refractivity contribution in [1.29, 1.82) is 0 Å².